The summed E-state index contributed by atoms with van der Waals surface area (Å²) in [6.07, 6.45) is 18.7. The first-order valence-corrected chi connectivity index (χ1v) is 25.6. The Hall–Kier alpha value is -4.76. The zero-order valence-electron chi connectivity index (χ0n) is 39.1. The summed E-state index contributed by atoms with van der Waals surface area (Å²) in [4.78, 5) is 30.7. The fourth-order valence-electron chi connectivity index (χ4n) is 16.4. The molecule has 0 radical (unpaired) electrons. The molecule has 3 heterocycles. The van der Waals surface area contributed by atoms with Crippen molar-refractivity contribution in [3.63, 3.8) is 0 Å². The van der Waals surface area contributed by atoms with Gasteiger partial charge in [-0.05, 0) is 215 Å². The second-order valence-corrected chi connectivity index (χ2v) is 21.8. The molecule has 3 aliphatic heterocycles. The van der Waals surface area contributed by atoms with Gasteiger partial charge in [-0.15, -0.1) is 0 Å². The van der Waals surface area contributed by atoms with Crippen molar-refractivity contribution in [1.82, 2.24) is 16.0 Å². The molecule has 10 unspecified atom stereocenters. The maximum absolute atomic E-state index is 15.4. The SMILES string of the molecule is CCC(C=C1OC(=O)C2=C3c4cc(O)ccc4-c4cccc(c4)C(NC)CCC45CCC6=C(C(=O)OC6=C6CCC7CCCC7(C7CCNC(NC)C7)C6)C4C12CCC35)Cc1ccccc1. The molecule has 2 spiro atoms. The van der Waals surface area contributed by atoms with E-state index in [2.05, 4.69) is 97.6 Å². The van der Waals surface area contributed by atoms with E-state index in [-0.39, 0.29) is 52.3 Å². The van der Waals surface area contributed by atoms with Gasteiger partial charge >= 0.3 is 11.9 Å². The van der Waals surface area contributed by atoms with Crippen LogP contribution in [0, 0.1) is 45.8 Å². The van der Waals surface area contributed by atoms with Crippen LogP contribution in [0.3, 0.4) is 0 Å². The first kappa shape index (κ1) is 42.6. The van der Waals surface area contributed by atoms with Crippen molar-refractivity contribution in [2.24, 2.45) is 45.8 Å². The van der Waals surface area contributed by atoms with Crippen LogP contribution >= 0.6 is 0 Å². The van der Waals surface area contributed by atoms with E-state index in [0.717, 1.165) is 129 Å². The second-order valence-electron chi connectivity index (χ2n) is 21.8. The molecule has 5 fully saturated rings. The molecule has 10 aliphatic rings. The van der Waals surface area contributed by atoms with Gasteiger partial charge in [0.05, 0.1) is 17.2 Å². The summed E-state index contributed by atoms with van der Waals surface area (Å²) >= 11 is 0. The number of phenols is 1. The Bertz CT molecular complexity index is 2630. The lowest BCUT2D eigenvalue weighted by molar-refractivity contribution is -0.136. The van der Waals surface area contributed by atoms with E-state index < -0.39 is 5.41 Å². The first-order chi connectivity index (χ1) is 32.2. The topological polar surface area (TPSA) is 109 Å². The number of aromatic hydroxyl groups is 1. The molecule has 13 rings (SSSR count). The Morgan fingerprint density at radius 2 is 1.70 bits per heavy atom. The van der Waals surface area contributed by atoms with Crippen molar-refractivity contribution < 1.29 is 24.2 Å². The normalized spacial score (nSPS) is 36.5. The predicted molar refractivity (Wildman–Crippen MR) is 257 cm³/mol. The van der Waals surface area contributed by atoms with Crippen molar-refractivity contribution in [2.45, 2.75) is 122 Å². The highest BCUT2D eigenvalue weighted by Gasteiger charge is 2.73. The lowest BCUT2D eigenvalue weighted by Crippen LogP contribution is -2.59. The highest BCUT2D eigenvalue weighted by Crippen LogP contribution is 2.78. The molecule has 2 saturated heterocycles. The molecule has 3 aromatic rings. The molecule has 3 aromatic carbocycles. The smallest absolute Gasteiger partial charge is 0.340 e. The highest BCUT2D eigenvalue weighted by atomic mass is 16.6. The molecule has 10 atom stereocenters. The number of ether oxygens (including phenoxy) is 2. The van der Waals surface area contributed by atoms with Gasteiger partial charge in [-0.25, -0.2) is 9.59 Å². The van der Waals surface area contributed by atoms with Crippen molar-refractivity contribution in [3.8, 4) is 16.9 Å². The third-order valence-electron chi connectivity index (χ3n) is 19.3. The summed E-state index contributed by atoms with van der Waals surface area (Å²) in [5.41, 5.74) is 9.53. The average molecular weight is 886 g/mol. The van der Waals surface area contributed by atoms with Gasteiger partial charge in [0.15, 0.2) is 0 Å². The minimum absolute atomic E-state index is 0.0251. The van der Waals surface area contributed by atoms with Crippen LogP contribution in [0.25, 0.3) is 16.7 Å². The number of rotatable bonds is 7. The van der Waals surface area contributed by atoms with Gasteiger partial charge in [0.1, 0.15) is 17.3 Å². The highest BCUT2D eigenvalue weighted by molar-refractivity contribution is 6.08. The van der Waals surface area contributed by atoms with Crippen LogP contribution in [0.15, 0.2) is 113 Å². The quantitative estimate of drug-likeness (QED) is 0.174. The first-order valence-electron chi connectivity index (χ1n) is 25.6. The summed E-state index contributed by atoms with van der Waals surface area (Å²) in [6, 6.07) is 25.3. The molecule has 0 aromatic heterocycles. The minimum Gasteiger partial charge on any atom is -0.508 e. The summed E-state index contributed by atoms with van der Waals surface area (Å²) in [7, 11) is 4.15. The number of esters is 2. The van der Waals surface area contributed by atoms with Gasteiger partial charge in [-0.2, -0.15) is 0 Å². The van der Waals surface area contributed by atoms with Gasteiger partial charge in [0.25, 0.3) is 0 Å². The molecular weight excluding hydrogens is 819 g/mol. The molecule has 66 heavy (non-hydrogen) atoms. The summed E-state index contributed by atoms with van der Waals surface area (Å²) in [5, 5.41) is 22.3. The summed E-state index contributed by atoms with van der Waals surface area (Å²) in [6.45, 7) is 3.27. The fraction of sp³-hybridized carbons (Fsp3) is 0.517. The van der Waals surface area contributed by atoms with Crippen LogP contribution in [0.5, 0.6) is 5.75 Å². The number of hydrogen-bond donors (Lipinski definition) is 4. The van der Waals surface area contributed by atoms with E-state index >= 15 is 9.59 Å². The van der Waals surface area contributed by atoms with Crippen molar-refractivity contribution in [3.05, 3.63) is 129 Å². The van der Waals surface area contributed by atoms with E-state index in [1.165, 1.54) is 42.4 Å². The second kappa shape index (κ2) is 16.2. The molecule has 8 nitrogen and oxygen atoms in total. The Balaban J connectivity index is 1.08. The molecule has 344 valence electrons. The Morgan fingerprint density at radius 1 is 0.818 bits per heavy atom. The third kappa shape index (κ3) is 6.25. The number of benzene rings is 3. The molecule has 6 bridgehead atoms. The molecule has 7 aliphatic carbocycles. The number of fused-ring (bicyclic) bond motifs is 6. The van der Waals surface area contributed by atoms with E-state index in [9.17, 15) is 5.11 Å². The van der Waals surface area contributed by atoms with Crippen LogP contribution < -0.4 is 16.0 Å². The lowest BCUT2D eigenvalue weighted by atomic mass is 9.37. The van der Waals surface area contributed by atoms with Crippen LogP contribution in [0.4, 0.5) is 0 Å². The minimum atomic E-state index is -0.864. The van der Waals surface area contributed by atoms with Crippen molar-refractivity contribution >= 4 is 17.5 Å². The summed E-state index contributed by atoms with van der Waals surface area (Å²) in [5.74, 6) is 2.47. The zero-order chi connectivity index (χ0) is 45.0. The van der Waals surface area contributed by atoms with Gasteiger partial charge in [-0.1, -0.05) is 67.9 Å². The van der Waals surface area contributed by atoms with Gasteiger partial charge in [0.2, 0.25) is 0 Å². The largest absolute Gasteiger partial charge is 0.508 e. The summed E-state index contributed by atoms with van der Waals surface area (Å²) < 4.78 is 13.7. The molecule has 3 saturated carbocycles. The number of phenolic OH excluding ortho intramolecular Hbond substituents is 1. The third-order valence-corrected chi connectivity index (χ3v) is 19.3. The van der Waals surface area contributed by atoms with Crippen molar-refractivity contribution in [2.75, 3.05) is 20.6 Å². The number of allylic oxidation sites excluding steroid dienone is 5. The maximum atomic E-state index is 15.4. The van der Waals surface area contributed by atoms with Crippen LogP contribution in [-0.4, -0.2) is 43.9 Å². The Morgan fingerprint density at radius 3 is 2.53 bits per heavy atom. The lowest BCUT2D eigenvalue weighted by Gasteiger charge is -2.63. The molecular formula is C58H67N3O5. The van der Waals surface area contributed by atoms with E-state index in [1.807, 2.05) is 12.1 Å². The number of carbonyl (C=O) groups excluding carboxylic acids is 2. The van der Waals surface area contributed by atoms with Crippen LogP contribution in [-0.2, 0) is 25.5 Å². The van der Waals surface area contributed by atoms with Gasteiger partial charge in [-0.3, -0.25) is 0 Å². The Kier molecular flexibility index (Phi) is 10.5. The van der Waals surface area contributed by atoms with E-state index in [1.54, 1.807) is 6.07 Å². The monoisotopic (exact) mass is 886 g/mol. The number of cyclic esters (lactones) is 2. The standard InChI is InChI=1S/C58H67N3O5/c1-4-34(28-35-10-6-5-7-11-35)29-47-58-26-20-45-49(51(58)55(64)65-47)44-32-41(62)17-18-42(44)36-12-8-13-37(30-36)46(59-2)21-25-56(45)24-19-43-50(53(56)58)54(63)66-52(43)38-15-16-39-14-9-23-57(39,33-38)40-22-27-61-48(31-40)60-3/h5-8,10-13,17-18,29-30,32,34,39-40,45-46,48,53,59-62H,4,9,14-16,19-28,31,33H2,1-3H3. The fourth-order valence-corrected chi connectivity index (χ4v) is 16.4. The van der Waals surface area contributed by atoms with Crippen LogP contribution in [0.1, 0.15) is 126 Å². The number of carbonyl (C=O) groups is 2. The zero-order valence-corrected chi connectivity index (χ0v) is 39.1. The molecule has 0 amide bonds. The van der Waals surface area contributed by atoms with Gasteiger partial charge in [0, 0.05) is 23.1 Å². The van der Waals surface area contributed by atoms with E-state index in [0.29, 0.717) is 23.6 Å². The molecule has 8 heteroatoms. The number of hydrogen-bond acceptors (Lipinski definition) is 8. The predicted octanol–water partition coefficient (Wildman–Crippen LogP) is 11.0. The van der Waals surface area contributed by atoms with Crippen molar-refractivity contribution in [1.29, 1.82) is 0 Å². The number of nitrogens with one attached hydrogen (secondary N) is 3. The van der Waals surface area contributed by atoms with E-state index in [4.69, 9.17) is 9.47 Å². The number of piperidine rings is 1. The Labute approximate surface area is 390 Å². The van der Waals surface area contributed by atoms with Crippen LogP contribution in [0.2, 0.25) is 0 Å². The molecule has 4 N–H and O–H groups in total. The average Bonchev–Trinajstić information content (AvgIpc) is 4.02. The maximum Gasteiger partial charge on any atom is 0.340 e. The van der Waals surface area contributed by atoms with Gasteiger partial charge < -0.3 is 30.5 Å².